The highest BCUT2D eigenvalue weighted by Gasteiger charge is 2.25. The van der Waals surface area contributed by atoms with Crippen molar-refractivity contribution in [1.29, 1.82) is 0 Å². The largest absolute Gasteiger partial charge is 0.456 e. The number of rotatable bonds is 3. The van der Waals surface area contributed by atoms with Gasteiger partial charge in [0.05, 0.1) is 0 Å². The molecule has 0 aliphatic heterocycles. The first-order chi connectivity index (χ1) is 26.6. The molecule has 9 heteroatoms. The van der Waals surface area contributed by atoms with Crippen molar-refractivity contribution in [2.24, 2.45) is 0 Å². The van der Waals surface area contributed by atoms with E-state index in [0.717, 1.165) is 27.5 Å². The Kier molecular flexibility index (Phi) is 7.66. The van der Waals surface area contributed by atoms with Crippen LogP contribution >= 0.6 is 0 Å². The highest BCUT2D eigenvalue weighted by molar-refractivity contribution is 6.71. The van der Waals surface area contributed by atoms with E-state index in [4.69, 9.17) is 4.42 Å². The second kappa shape index (κ2) is 12.4. The van der Waals surface area contributed by atoms with Gasteiger partial charge in [-0.2, -0.15) is 0 Å². The zero-order chi connectivity index (χ0) is 37.9. The Balaban J connectivity index is 1.24. The fourth-order valence-electron chi connectivity index (χ4n) is 9.61. The van der Waals surface area contributed by atoms with Gasteiger partial charge >= 0.3 is 0 Å². The summed E-state index contributed by atoms with van der Waals surface area (Å²) >= 11 is 0. The zero-order valence-electron chi connectivity index (χ0n) is 33.0. The first kappa shape index (κ1) is 33.9. The number of fused-ring (bicyclic) bond motifs is 8. The minimum atomic E-state index is 0.911. The van der Waals surface area contributed by atoms with Crippen molar-refractivity contribution >= 4 is 172 Å². The third-order valence-corrected chi connectivity index (χ3v) is 13.3. The van der Waals surface area contributed by atoms with Gasteiger partial charge < -0.3 is 4.42 Å². The van der Waals surface area contributed by atoms with E-state index >= 15 is 0 Å². The Hall–Kier alpha value is -5.66. The molecule has 0 fully saturated rings. The van der Waals surface area contributed by atoms with Crippen molar-refractivity contribution in [1.82, 2.24) is 0 Å². The Morgan fingerprint density at radius 3 is 1.42 bits per heavy atom. The molecule has 9 aromatic carbocycles. The van der Waals surface area contributed by atoms with E-state index in [0.29, 0.717) is 0 Å². The summed E-state index contributed by atoms with van der Waals surface area (Å²) in [5.41, 5.74) is 20.3. The van der Waals surface area contributed by atoms with Gasteiger partial charge in [0.15, 0.2) is 0 Å². The number of benzene rings is 9. The van der Waals surface area contributed by atoms with Crippen LogP contribution < -0.4 is 43.7 Å². The Bertz CT molecular complexity index is 3220. The van der Waals surface area contributed by atoms with Gasteiger partial charge in [-0.15, -0.1) is 21.9 Å². The van der Waals surface area contributed by atoms with Gasteiger partial charge in [-0.1, -0.05) is 113 Å². The summed E-state index contributed by atoms with van der Waals surface area (Å²) in [6.45, 7) is 0. The Morgan fingerprint density at radius 1 is 0.291 bits per heavy atom. The van der Waals surface area contributed by atoms with Gasteiger partial charge in [-0.25, -0.2) is 0 Å². The summed E-state index contributed by atoms with van der Waals surface area (Å²) in [6, 6.07) is 44.6. The highest BCUT2D eigenvalue weighted by atomic mass is 16.3. The van der Waals surface area contributed by atoms with E-state index in [9.17, 15) is 0 Å². The average Bonchev–Trinajstić information content (AvgIpc) is 3.59. The van der Waals surface area contributed by atoms with Crippen LogP contribution in [0.15, 0.2) is 126 Å². The predicted octanol–water partition coefficient (Wildman–Crippen LogP) is -0.733. The first-order valence-corrected chi connectivity index (χ1v) is 19.5. The maximum atomic E-state index is 6.66. The van der Waals surface area contributed by atoms with E-state index < -0.39 is 0 Å². The van der Waals surface area contributed by atoms with E-state index in [-0.39, 0.29) is 0 Å². The van der Waals surface area contributed by atoms with Crippen LogP contribution in [-0.4, -0.2) is 62.8 Å². The molecule has 0 radical (unpaired) electrons. The molecule has 250 valence electrons. The number of furan rings is 1. The maximum Gasteiger partial charge on any atom is 0.139 e. The molecule has 0 N–H and O–H groups in total. The van der Waals surface area contributed by atoms with Gasteiger partial charge in [0.2, 0.25) is 0 Å². The number of hydrogen-bond donors (Lipinski definition) is 0. The Labute approximate surface area is 329 Å². The van der Waals surface area contributed by atoms with Crippen LogP contribution in [0.3, 0.4) is 0 Å². The molecule has 0 atom stereocenters. The van der Waals surface area contributed by atoms with Crippen LogP contribution in [0.25, 0.3) is 98.4 Å². The molecule has 0 bridgehead atoms. The van der Waals surface area contributed by atoms with Crippen molar-refractivity contribution in [2.75, 3.05) is 0 Å². The van der Waals surface area contributed by atoms with Gasteiger partial charge in [-0.05, 0) is 107 Å². The molecule has 1 aromatic heterocycles. The normalized spacial score (nSPS) is 11.9. The summed E-state index contributed by atoms with van der Waals surface area (Å²) in [5.74, 6) is 0. The van der Waals surface area contributed by atoms with E-state index in [2.05, 4.69) is 184 Å². The lowest BCUT2D eigenvalue weighted by Crippen LogP contribution is -2.50. The summed E-state index contributed by atoms with van der Waals surface area (Å²) in [7, 11) is 18.5. The van der Waals surface area contributed by atoms with Crippen molar-refractivity contribution in [3.05, 3.63) is 121 Å². The van der Waals surface area contributed by atoms with Crippen molar-refractivity contribution in [2.45, 2.75) is 0 Å². The van der Waals surface area contributed by atoms with Gasteiger partial charge in [0.25, 0.3) is 0 Å². The molecule has 10 aromatic rings. The fourth-order valence-corrected chi connectivity index (χ4v) is 9.61. The van der Waals surface area contributed by atoms with Crippen LogP contribution in [-0.2, 0) is 0 Å². The molecule has 1 nitrogen and oxygen atoms in total. The van der Waals surface area contributed by atoms with Gasteiger partial charge in [-0.3, -0.25) is 0 Å². The minimum Gasteiger partial charge on any atom is -0.456 e. The predicted molar refractivity (Wildman–Crippen MR) is 265 cm³/mol. The standard InChI is InChI=1S/C46H36B8O/c47-39-35-33(22-7-2-1-3-8-22)36-38(42(50)46(54)44(52)40(36)48)34(37(35)41(49)45(53)43(39)51)26-14-17-31-30(19-26)29-16-13-24(20-32(29)55-31)23-12-15-28-25(18-23)11-10-21-6-4-5-9-27(21)28/h1-20H,47-54H2. The van der Waals surface area contributed by atoms with Crippen molar-refractivity contribution in [3.8, 4) is 33.4 Å². The summed E-state index contributed by atoms with van der Waals surface area (Å²) in [6.07, 6.45) is 0. The van der Waals surface area contributed by atoms with Crippen molar-refractivity contribution < 1.29 is 4.42 Å². The zero-order valence-corrected chi connectivity index (χ0v) is 33.0. The van der Waals surface area contributed by atoms with E-state index in [1.807, 2.05) is 0 Å². The van der Waals surface area contributed by atoms with E-state index in [1.165, 1.54) is 115 Å². The molecular formula is C46H36B8O. The SMILES string of the molecule is Bc1c(B)c(B)c2c(-c3ccc4oc5cc(-c6ccc7c(ccc8ccccc87)c6)ccc5c4c3)c3c(B)c(B)c(B)c(B)c3c(-c3ccccc3)c2c1B. The van der Waals surface area contributed by atoms with Gasteiger partial charge in [0.1, 0.15) is 73.9 Å². The highest BCUT2D eigenvalue weighted by Crippen LogP contribution is 2.42. The smallest absolute Gasteiger partial charge is 0.139 e. The van der Waals surface area contributed by atoms with Crippen LogP contribution in [0, 0.1) is 0 Å². The maximum absolute atomic E-state index is 6.66. The van der Waals surface area contributed by atoms with Crippen LogP contribution in [0.2, 0.25) is 0 Å². The fraction of sp³-hybridized carbons (Fsp3) is 0. The van der Waals surface area contributed by atoms with Gasteiger partial charge in [0, 0.05) is 10.8 Å². The second-order valence-electron chi connectivity index (χ2n) is 15.9. The molecule has 0 unspecified atom stereocenters. The molecule has 55 heavy (non-hydrogen) atoms. The lowest BCUT2D eigenvalue weighted by atomic mass is 9.59. The molecular weight excluding hydrogens is 655 g/mol. The third-order valence-electron chi connectivity index (χ3n) is 13.3. The lowest BCUT2D eigenvalue weighted by molar-refractivity contribution is 0.669. The van der Waals surface area contributed by atoms with E-state index in [1.54, 1.807) is 0 Å². The monoisotopic (exact) mass is 692 g/mol. The molecule has 0 aliphatic rings. The topological polar surface area (TPSA) is 13.1 Å². The van der Waals surface area contributed by atoms with Crippen LogP contribution in [0.5, 0.6) is 0 Å². The summed E-state index contributed by atoms with van der Waals surface area (Å²) in [5, 5.41) is 12.8. The second-order valence-corrected chi connectivity index (χ2v) is 15.9. The summed E-state index contributed by atoms with van der Waals surface area (Å²) < 4.78 is 6.66. The van der Waals surface area contributed by atoms with Crippen LogP contribution in [0.4, 0.5) is 0 Å². The van der Waals surface area contributed by atoms with Crippen LogP contribution in [0.1, 0.15) is 0 Å². The molecule has 0 saturated carbocycles. The molecule has 1 heterocycles. The Morgan fingerprint density at radius 2 is 0.782 bits per heavy atom. The molecule has 0 aliphatic carbocycles. The summed E-state index contributed by atoms with van der Waals surface area (Å²) in [4.78, 5) is 0. The molecule has 10 rings (SSSR count). The lowest BCUT2D eigenvalue weighted by Gasteiger charge is -2.28. The quantitative estimate of drug-likeness (QED) is 0.136. The minimum absolute atomic E-state index is 0.911. The first-order valence-electron chi connectivity index (χ1n) is 19.5. The van der Waals surface area contributed by atoms with Crippen molar-refractivity contribution in [3.63, 3.8) is 0 Å². The third kappa shape index (κ3) is 4.91. The number of hydrogen-bond acceptors (Lipinski definition) is 1. The molecule has 0 amide bonds. The molecule has 0 spiro atoms. The molecule has 0 saturated heterocycles. The average molecular weight is 691 g/mol.